The molecule has 2 aromatic rings. The second-order valence-electron chi connectivity index (χ2n) is 7.62. The van der Waals surface area contributed by atoms with Crippen LogP contribution in [0.2, 0.25) is 0 Å². The van der Waals surface area contributed by atoms with Crippen molar-refractivity contribution in [2.45, 2.75) is 39.0 Å². The lowest BCUT2D eigenvalue weighted by Gasteiger charge is -2.19. The van der Waals surface area contributed by atoms with Crippen LogP contribution >= 0.6 is 0 Å². The van der Waals surface area contributed by atoms with Crippen molar-refractivity contribution in [3.8, 4) is 17.0 Å². The zero-order chi connectivity index (χ0) is 25.8. The summed E-state index contributed by atoms with van der Waals surface area (Å²) in [5.74, 6) is -2.02. The maximum absolute atomic E-state index is 12.5. The number of ether oxygens (including phenoxy) is 1. The predicted octanol–water partition coefficient (Wildman–Crippen LogP) is 3.49. The highest BCUT2D eigenvalue weighted by atomic mass is 19.4. The lowest BCUT2D eigenvalue weighted by Crippen LogP contribution is -2.43. The van der Waals surface area contributed by atoms with Crippen molar-refractivity contribution >= 4 is 18.2 Å². The lowest BCUT2D eigenvalue weighted by molar-refractivity contribution is -0.274. The molecular weight excluding hydrogens is 469 g/mol. The molecule has 0 unspecified atom stereocenters. The van der Waals surface area contributed by atoms with Crippen molar-refractivity contribution in [1.29, 1.82) is 0 Å². The highest BCUT2D eigenvalue weighted by molar-refractivity contribution is 5.93. The van der Waals surface area contributed by atoms with Gasteiger partial charge in [0, 0.05) is 5.56 Å². The van der Waals surface area contributed by atoms with Crippen LogP contribution in [-0.4, -0.2) is 53.1 Å². The number of nitrogens with one attached hydrogen (secondary N) is 2. The van der Waals surface area contributed by atoms with Crippen molar-refractivity contribution in [1.82, 2.24) is 20.7 Å². The number of pyridine rings is 1. The summed E-state index contributed by atoms with van der Waals surface area (Å²) in [6, 6.07) is 9.65. The molecule has 0 saturated heterocycles. The highest BCUT2D eigenvalue weighted by Crippen LogP contribution is 2.25. The Balaban J connectivity index is 1.95. The van der Waals surface area contributed by atoms with Gasteiger partial charge in [0.2, 0.25) is 12.3 Å². The Morgan fingerprint density at radius 1 is 1.14 bits per heavy atom. The topological polar surface area (TPSA) is 121 Å². The van der Waals surface area contributed by atoms with Crippen LogP contribution in [0.1, 0.15) is 43.1 Å². The Kier molecular flexibility index (Phi) is 10.5. The third-order valence-corrected chi connectivity index (χ3v) is 4.93. The molecule has 1 aromatic carbocycles. The van der Waals surface area contributed by atoms with Crippen LogP contribution in [0.5, 0.6) is 5.75 Å². The molecule has 2 rings (SSSR count). The molecule has 9 nitrogen and oxygen atoms in total. The monoisotopic (exact) mass is 496 g/mol. The number of halogens is 3. The van der Waals surface area contributed by atoms with Crippen LogP contribution in [-0.2, 0) is 9.59 Å². The molecule has 0 spiro atoms. The number of hydroxylamine groups is 2. The molecule has 12 heteroatoms. The number of carbonyl (C=O) groups is 3. The summed E-state index contributed by atoms with van der Waals surface area (Å²) in [7, 11) is 0. The first-order valence-electron chi connectivity index (χ1n) is 10.9. The Morgan fingerprint density at radius 3 is 2.49 bits per heavy atom. The smallest absolute Gasteiger partial charge is 0.406 e. The number of alkyl halides is 3. The molecule has 35 heavy (non-hydrogen) atoms. The van der Waals surface area contributed by atoms with E-state index in [0.717, 1.165) is 31.4 Å². The van der Waals surface area contributed by atoms with Gasteiger partial charge in [0.25, 0.3) is 5.91 Å². The summed E-state index contributed by atoms with van der Waals surface area (Å²) in [4.78, 5) is 39.8. The number of unbranched alkanes of at least 4 members (excludes halogenated alkanes) is 2. The number of aromatic nitrogens is 1. The van der Waals surface area contributed by atoms with Crippen LogP contribution in [0.4, 0.5) is 13.2 Å². The van der Waals surface area contributed by atoms with Gasteiger partial charge in [-0.1, -0.05) is 32.3 Å². The van der Waals surface area contributed by atoms with Gasteiger partial charge in [0.05, 0.1) is 24.8 Å². The second kappa shape index (κ2) is 13.3. The number of carbonyl (C=O) groups excluding carboxylic acids is 3. The van der Waals surface area contributed by atoms with E-state index >= 15 is 0 Å². The average Bonchev–Trinajstić information content (AvgIpc) is 2.82. The van der Waals surface area contributed by atoms with Gasteiger partial charge in [-0.15, -0.1) is 13.2 Å². The van der Waals surface area contributed by atoms with Gasteiger partial charge in [-0.25, -0.2) is 10.0 Å². The van der Waals surface area contributed by atoms with Crippen LogP contribution in [0.15, 0.2) is 42.5 Å². The molecule has 190 valence electrons. The zero-order valence-electron chi connectivity index (χ0n) is 19.0. The van der Waals surface area contributed by atoms with Crippen LogP contribution < -0.4 is 15.4 Å². The SMILES string of the molecule is CCCCC[C@H](CN(O)C=O)C(=O)NCNC(=O)c1cccc(-c2ccc(OC(F)(F)F)cc2)n1. The first-order valence-corrected chi connectivity index (χ1v) is 10.9. The maximum Gasteiger partial charge on any atom is 0.573 e. The van der Waals surface area contributed by atoms with Crippen LogP contribution in [0, 0.1) is 5.92 Å². The van der Waals surface area contributed by atoms with Gasteiger partial charge in [-0.05, 0) is 42.8 Å². The number of nitrogens with zero attached hydrogens (tertiary/aromatic N) is 2. The van der Waals surface area contributed by atoms with E-state index in [1.54, 1.807) is 12.1 Å². The molecule has 1 atom stereocenters. The van der Waals surface area contributed by atoms with E-state index in [0.29, 0.717) is 22.7 Å². The first-order chi connectivity index (χ1) is 16.6. The number of hydrogen-bond acceptors (Lipinski definition) is 6. The molecule has 0 aliphatic carbocycles. The minimum Gasteiger partial charge on any atom is -0.406 e. The van der Waals surface area contributed by atoms with Crippen molar-refractivity contribution in [3.63, 3.8) is 0 Å². The third-order valence-electron chi connectivity index (χ3n) is 4.93. The Hall–Kier alpha value is -3.67. The van der Waals surface area contributed by atoms with Gasteiger partial charge in [-0.2, -0.15) is 0 Å². The molecule has 0 aliphatic rings. The molecule has 1 aromatic heterocycles. The summed E-state index contributed by atoms with van der Waals surface area (Å²) < 4.78 is 40.8. The molecule has 3 amide bonds. The molecule has 0 fully saturated rings. The largest absolute Gasteiger partial charge is 0.573 e. The number of rotatable bonds is 13. The molecule has 3 N–H and O–H groups in total. The van der Waals surface area contributed by atoms with Crippen LogP contribution in [0.3, 0.4) is 0 Å². The minimum atomic E-state index is -4.80. The normalized spacial score (nSPS) is 11.9. The molecule has 0 aliphatic heterocycles. The Bertz CT molecular complexity index is 986. The molecule has 1 heterocycles. The van der Waals surface area contributed by atoms with Gasteiger partial charge < -0.3 is 15.4 Å². The first kappa shape index (κ1) is 27.6. The quantitative estimate of drug-likeness (QED) is 0.128. The summed E-state index contributed by atoms with van der Waals surface area (Å²) in [5.41, 5.74) is 0.864. The molecule has 0 saturated carbocycles. The molecule has 0 bridgehead atoms. The fourth-order valence-corrected chi connectivity index (χ4v) is 3.21. The van der Waals surface area contributed by atoms with E-state index in [1.807, 2.05) is 6.92 Å². The second-order valence-corrected chi connectivity index (χ2v) is 7.62. The highest BCUT2D eigenvalue weighted by Gasteiger charge is 2.31. The van der Waals surface area contributed by atoms with Gasteiger partial charge >= 0.3 is 6.36 Å². The third kappa shape index (κ3) is 9.61. The van der Waals surface area contributed by atoms with E-state index < -0.39 is 24.1 Å². The van der Waals surface area contributed by atoms with E-state index in [2.05, 4.69) is 20.4 Å². The Morgan fingerprint density at radius 2 is 1.86 bits per heavy atom. The number of benzene rings is 1. The molecule has 0 radical (unpaired) electrons. The lowest BCUT2D eigenvalue weighted by atomic mass is 10.0. The van der Waals surface area contributed by atoms with E-state index in [-0.39, 0.29) is 31.1 Å². The number of amides is 3. The van der Waals surface area contributed by atoms with Gasteiger partial charge in [-0.3, -0.25) is 19.6 Å². The summed E-state index contributed by atoms with van der Waals surface area (Å²) in [6.45, 7) is 1.64. The van der Waals surface area contributed by atoms with E-state index in [4.69, 9.17) is 0 Å². The van der Waals surface area contributed by atoms with E-state index in [9.17, 15) is 32.8 Å². The van der Waals surface area contributed by atoms with Crippen molar-refractivity contribution in [2.24, 2.45) is 5.92 Å². The Labute approximate surface area is 200 Å². The maximum atomic E-state index is 12.5. The summed E-state index contributed by atoms with van der Waals surface area (Å²) >= 11 is 0. The summed E-state index contributed by atoms with van der Waals surface area (Å²) in [5, 5.41) is 14.9. The van der Waals surface area contributed by atoms with Crippen LogP contribution in [0.25, 0.3) is 11.3 Å². The fourth-order valence-electron chi connectivity index (χ4n) is 3.21. The standard InChI is InChI=1S/C23H27F3N4O5/c1-2-3-4-6-17(13-30(34)15-31)21(32)27-14-28-22(33)20-8-5-7-19(29-20)16-9-11-18(12-10-16)35-23(24,25)26/h5,7-12,15,17,34H,2-4,6,13-14H2,1H3,(H,27,32)(H,28,33)/t17-/m1/s1. The minimum absolute atomic E-state index is 0.0364. The fraction of sp³-hybridized carbons (Fsp3) is 0.391. The van der Waals surface area contributed by atoms with Crippen molar-refractivity contribution in [2.75, 3.05) is 13.2 Å². The van der Waals surface area contributed by atoms with E-state index in [1.165, 1.54) is 18.2 Å². The average molecular weight is 496 g/mol. The van der Waals surface area contributed by atoms with Crippen molar-refractivity contribution < 1.29 is 37.5 Å². The van der Waals surface area contributed by atoms with Crippen molar-refractivity contribution in [3.05, 3.63) is 48.2 Å². The zero-order valence-corrected chi connectivity index (χ0v) is 19.0. The van der Waals surface area contributed by atoms with Gasteiger partial charge in [0.1, 0.15) is 11.4 Å². The number of hydrogen-bond donors (Lipinski definition) is 3. The summed E-state index contributed by atoms with van der Waals surface area (Å²) in [6.07, 6.45) is -1.53. The predicted molar refractivity (Wildman–Crippen MR) is 119 cm³/mol. The molecular formula is C23H27F3N4O5. The van der Waals surface area contributed by atoms with Gasteiger partial charge in [0.15, 0.2) is 0 Å².